The van der Waals surface area contributed by atoms with Gasteiger partial charge in [0.15, 0.2) is 0 Å². The van der Waals surface area contributed by atoms with Gasteiger partial charge in [0, 0.05) is 11.3 Å². The third-order valence-corrected chi connectivity index (χ3v) is 4.08. The number of aryl methyl sites for hydroxylation is 1. The van der Waals surface area contributed by atoms with Gasteiger partial charge in [-0.2, -0.15) is 4.80 Å². The molecule has 1 heterocycles. The van der Waals surface area contributed by atoms with Gasteiger partial charge in [0.1, 0.15) is 6.54 Å². The molecule has 26 heavy (non-hydrogen) atoms. The average molecular weight is 349 g/mol. The summed E-state index contributed by atoms with van der Waals surface area (Å²) in [7, 11) is 0. The van der Waals surface area contributed by atoms with E-state index in [-0.39, 0.29) is 17.9 Å². The molecular formula is C20H23N5O. The molecule has 0 radical (unpaired) electrons. The van der Waals surface area contributed by atoms with Gasteiger partial charge < -0.3 is 5.32 Å². The molecule has 0 unspecified atom stereocenters. The summed E-state index contributed by atoms with van der Waals surface area (Å²) in [6.45, 7) is 8.50. The molecule has 1 N–H and O–H groups in total. The van der Waals surface area contributed by atoms with E-state index in [1.807, 2.05) is 55.5 Å². The summed E-state index contributed by atoms with van der Waals surface area (Å²) < 4.78 is 0. The van der Waals surface area contributed by atoms with Crippen LogP contribution in [0.4, 0.5) is 5.69 Å². The number of nitrogens with zero attached hydrogens (tertiary/aromatic N) is 4. The Bertz CT molecular complexity index is 889. The molecule has 134 valence electrons. The van der Waals surface area contributed by atoms with Crippen LogP contribution in [0.25, 0.3) is 11.4 Å². The second-order valence-electron chi connectivity index (χ2n) is 7.39. The number of hydrogen-bond acceptors (Lipinski definition) is 4. The predicted molar refractivity (Wildman–Crippen MR) is 102 cm³/mol. The largest absolute Gasteiger partial charge is 0.324 e. The van der Waals surface area contributed by atoms with Gasteiger partial charge in [0.25, 0.3) is 0 Å². The van der Waals surface area contributed by atoms with E-state index in [4.69, 9.17) is 0 Å². The Hall–Kier alpha value is -3.02. The fourth-order valence-electron chi connectivity index (χ4n) is 2.51. The predicted octanol–water partition coefficient (Wildman–Crippen LogP) is 3.58. The van der Waals surface area contributed by atoms with E-state index in [1.54, 1.807) is 0 Å². The number of hydrogen-bond donors (Lipinski definition) is 1. The fraction of sp³-hybridized carbons (Fsp3) is 0.300. The van der Waals surface area contributed by atoms with Crippen molar-refractivity contribution in [2.45, 2.75) is 39.7 Å². The maximum atomic E-state index is 12.2. The topological polar surface area (TPSA) is 72.7 Å². The maximum absolute atomic E-state index is 12.2. The fourth-order valence-corrected chi connectivity index (χ4v) is 2.51. The van der Waals surface area contributed by atoms with Crippen LogP contribution in [0.3, 0.4) is 0 Å². The molecule has 1 aromatic heterocycles. The number of benzene rings is 2. The highest BCUT2D eigenvalue weighted by Crippen LogP contribution is 2.23. The van der Waals surface area contributed by atoms with Crippen molar-refractivity contribution in [1.29, 1.82) is 0 Å². The van der Waals surface area contributed by atoms with Crippen molar-refractivity contribution in [3.05, 3.63) is 59.7 Å². The molecule has 0 aliphatic heterocycles. The molecule has 0 atom stereocenters. The minimum Gasteiger partial charge on any atom is -0.324 e. The number of amides is 1. The van der Waals surface area contributed by atoms with Crippen molar-refractivity contribution in [3.63, 3.8) is 0 Å². The Labute approximate surface area is 153 Å². The number of rotatable bonds is 4. The molecular weight excluding hydrogens is 326 g/mol. The molecule has 0 spiro atoms. The highest BCUT2D eigenvalue weighted by atomic mass is 16.2. The molecule has 1 amide bonds. The molecule has 6 heteroatoms. The van der Waals surface area contributed by atoms with Gasteiger partial charge >= 0.3 is 0 Å². The summed E-state index contributed by atoms with van der Waals surface area (Å²) in [6.07, 6.45) is 0. The van der Waals surface area contributed by atoms with Gasteiger partial charge in [-0.05, 0) is 35.2 Å². The molecule has 0 saturated heterocycles. The van der Waals surface area contributed by atoms with Gasteiger partial charge in [-0.3, -0.25) is 4.79 Å². The minimum absolute atomic E-state index is 0.0138. The SMILES string of the molecule is Cc1ccc(-c2nnn(CC(=O)Nc3ccc(C(C)(C)C)cc3)n2)cc1. The zero-order chi connectivity index (χ0) is 18.7. The molecule has 0 bridgehead atoms. The zero-order valence-corrected chi connectivity index (χ0v) is 15.5. The number of aromatic nitrogens is 4. The van der Waals surface area contributed by atoms with Gasteiger partial charge in [0.05, 0.1) is 0 Å². The normalized spacial score (nSPS) is 11.4. The highest BCUT2D eigenvalue weighted by molar-refractivity contribution is 5.90. The smallest absolute Gasteiger partial charge is 0.248 e. The number of carbonyl (C=O) groups is 1. The number of anilines is 1. The third-order valence-electron chi connectivity index (χ3n) is 4.08. The lowest BCUT2D eigenvalue weighted by molar-refractivity contribution is -0.117. The summed E-state index contributed by atoms with van der Waals surface area (Å²) in [5, 5.41) is 15.1. The summed E-state index contributed by atoms with van der Waals surface area (Å²) in [5.41, 5.74) is 4.09. The first-order valence-electron chi connectivity index (χ1n) is 8.56. The molecule has 3 aromatic rings. The Kier molecular flexibility index (Phi) is 4.84. The van der Waals surface area contributed by atoms with Crippen LogP contribution in [0.1, 0.15) is 31.9 Å². The van der Waals surface area contributed by atoms with Crippen LogP contribution in [0, 0.1) is 6.92 Å². The summed E-state index contributed by atoms with van der Waals surface area (Å²) in [4.78, 5) is 13.5. The van der Waals surface area contributed by atoms with E-state index in [9.17, 15) is 4.79 Å². The van der Waals surface area contributed by atoms with E-state index in [0.29, 0.717) is 5.82 Å². The second-order valence-corrected chi connectivity index (χ2v) is 7.39. The minimum atomic E-state index is -0.193. The van der Waals surface area contributed by atoms with Crippen LogP contribution in [-0.4, -0.2) is 26.1 Å². The van der Waals surface area contributed by atoms with E-state index in [2.05, 4.69) is 41.5 Å². The number of carbonyl (C=O) groups excluding carboxylic acids is 1. The van der Waals surface area contributed by atoms with Crippen LogP contribution in [0.15, 0.2) is 48.5 Å². The van der Waals surface area contributed by atoms with Gasteiger partial charge in [-0.1, -0.05) is 62.7 Å². The van der Waals surface area contributed by atoms with Crippen molar-refractivity contribution >= 4 is 11.6 Å². The van der Waals surface area contributed by atoms with Crippen molar-refractivity contribution in [2.24, 2.45) is 0 Å². The Morgan fingerprint density at radius 2 is 1.69 bits per heavy atom. The molecule has 0 aliphatic rings. The van der Waals surface area contributed by atoms with Gasteiger partial charge in [-0.15, -0.1) is 10.2 Å². The maximum Gasteiger partial charge on any atom is 0.248 e. The summed E-state index contributed by atoms with van der Waals surface area (Å²) >= 11 is 0. The van der Waals surface area contributed by atoms with Crippen molar-refractivity contribution in [3.8, 4) is 11.4 Å². The summed E-state index contributed by atoms with van der Waals surface area (Å²) in [6, 6.07) is 15.7. The van der Waals surface area contributed by atoms with Gasteiger partial charge in [0.2, 0.25) is 11.7 Å². The van der Waals surface area contributed by atoms with Crippen molar-refractivity contribution in [1.82, 2.24) is 20.2 Å². The Morgan fingerprint density at radius 3 is 2.31 bits per heavy atom. The molecule has 0 saturated carbocycles. The quantitative estimate of drug-likeness (QED) is 0.781. The number of nitrogens with one attached hydrogen (secondary N) is 1. The molecule has 0 fully saturated rings. The van der Waals surface area contributed by atoms with Gasteiger partial charge in [-0.25, -0.2) is 0 Å². The lowest BCUT2D eigenvalue weighted by Crippen LogP contribution is -2.20. The van der Waals surface area contributed by atoms with Crippen LogP contribution >= 0.6 is 0 Å². The highest BCUT2D eigenvalue weighted by Gasteiger charge is 2.14. The van der Waals surface area contributed by atoms with E-state index in [0.717, 1.165) is 16.8 Å². The molecule has 6 nitrogen and oxygen atoms in total. The lowest BCUT2D eigenvalue weighted by Gasteiger charge is -2.19. The van der Waals surface area contributed by atoms with E-state index >= 15 is 0 Å². The first kappa shape index (κ1) is 17.8. The van der Waals surface area contributed by atoms with Crippen LogP contribution in [0.2, 0.25) is 0 Å². The molecule has 3 rings (SSSR count). The van der Waals surface area contributed by atoms with Crippen molar-refractivity contribution in [2.75, 3.05) is 5.32 Å². The number of tetrazole rings is 1. The first-order chi connectivity index (χ1) is 12.3. The zero-order valence-electron chi connectivity index (χ0n) is 15.5. The van der Waals surface area contributed by atoms with E-state index in [1.165, 1.54) is 10.4 Å². The van der Waals surface area contributed by atoms with Crippen LogP contribution in [0.5, 0.6) is 0 Å². The molecule has 0 aliphatic carbocycles. The summed E-state index contributed by atoms with van der Waals surface area (Å²) in [5.74, 6) is 0.314. The Balaban J connectivity index is 1.62. The monoisotopic (exact) mass is 349 g/mol. The lowest BCUT2D eigenvalue weighted by atomic mass is 9.87. The van der Waals surface area contributed by atoms with E-state index < -0.39 is 0 Å². The Morgan fingerprint density at radius 1 is 1.04 bits per heavy atom. The van der Waals surface area contributed by atoms with Crippen molar-refractivity contribution < 1.29 is 4.79 Å². The standard InChI is InChI=1S/C20H23N5O/c1-14-5-7-15(8-6-14)19-22-24-25(23-19)13-18(26)21-17-11-9-16(10-12-17)20(2,3)4/h5-12H,13H2,1-4H3,(H,21,26). The molecule has 2 aromatic carbocycles. The first-order valence-corrected chi connectivity index (χ1v) is 8.56. The average Bonchev–Trinajstić information content (AvgIpc) is 3.03. The van der Waals surface area contributed by atoms with Crippen LogP contribution in [-0.2, 0) is 16.8 Å². The second kappa shape index (κ2) is 7.07. The van der Waals surface area contributed by atoms with Crippen LogP contribution < -0.4 is 5.32 Å². The third kappa shape index (κ3) is 4.33.